The molecule has 0 aliphatic carbocycles. The molecule has 0 unspecified atom stereocenters. The van der Waals surface area contributed by atoms with Crippen LogP contribution in [0.25, 0.3) is 22.3 Å². The van der Waals surface area contributed by atoms with Crippen LogP contribution in [0.2, 0.25) is 0 Å². The Morgan fingerprint density at radius 2 is 0.974 bits per heavy atom. The lowest BCUT2D eigenvalue weighted by Gasteiger charge is -2.20. The van der Waals surface area contributed by atoms with Crippen molar-refractivity contribution >= 4 is 44.1 Å². The number of aromatic nitrogens is 8. The van der Waals surface area contributed by atoms with E-state index in [1.165, 1.54) is 31.4 Å². The zero-order valence-corrected chi connectivity index (χ0v) is 43.1. The SMILES string of the molecule is COC[C@H]1O[C@@H](n2cnc3c(NCC(c4ccccc4)c4ccccc4)nc(CC#N)nc32)[C@H](O)[C@@H]1O.COC[C@H]1O[C@@H](n2cnc3c(NCC(c4ccccc4)c4ccccc4)nc(COS(C)(=O)=O)nc32)[C@H](O)[C@@H]1O. The van der Waals surface area contributed by atoms with E-state index < -0.39 is 65.8 Å². The topological polar surface area (TPSA) is 296 Å². The number of fused-ring (bicyclic) bond motifs is 2. The van der Waals surface area contributed by atoms with Gasteiger partial charge < -0.3 is 50.0 Å². The highest BCUT2D eigenvalue weighted by Gasteiger charge is 2.45. The maximum absolute atomic E-state index is 11.7. The van der Waals surface area contributed by atoms with Crippen LogP contribution >= 0.6 is 0 Å². The van der Waals surface area contributed by atoms with Crippen molar-refractivity contribution in [1.82, 2.24) is 39.0 Å². The van der Waals surface area contributed by atoms with E-state index in [0.717, 1.165) is 28.5 Å². The first-order valence-corrected chi connectivity index (χ1v) is 26.5. The number of aliphatic hydroxyl groups is 4. The van der Waals surface area contributed by atoms with Crippen LogP contribution in [0.3, 0.4) is 0 Å². The second kappa shape index (κ2) is 24.8. The summed E-state index contributed by atoms with van der Waals surface area (Å²) in [6, 6.07) is 42.5. The normalized spacial score (nSPS) is 21.4. The number of imidazole rings is 2. The lowest BCUT2D eigenvalue weighted by molar-refractivity contribution is -0.0580. The van der Waals surface area contributed by atoms with Crippen LogP contribution in [0, 0.1) is 11.3 Å². The second-order valence-electron chi connectivity index (χ2n) is 18.4. The molecule has 4 aromatic carbocycles. The van der Waals surface area contributed by atoms with Crippen LogP contribution in [0.5, 0.6) is 0 Å². The van der Waals surface area contributed by atoms with Gasteiger partial charge in [0.15, 0.2) is 52.2 Å². The number of hydrogen-bond donors (Lipinski definition) is 6. The third kappa shape index (κ3) is 12.6. The van der Waals surface area contributed by atoms with Crippen LogP contribution in [-0.4, -0.2) is 151 Å². The molecule has 8 aromatic rings. The average molecular weight is 1070 g/mol. The van der Waals surface area contributed by atoms with E-state index in [1.807, 2.05) is 72.8 Å². The van der Waals surface area contributed by atoms with Gasteiger partial charge in [-0.3, -0.25) is 13.3 Å². The first-order valence-electron chi connectivity index (χ1n) is 24.7. The van der Waals surface area contributed by atoms with Crippen LogP contribution in [0.1, 0.15) is 58.2 Å². The summed E-state index contributed by atoms with van der Waals surface area (Å²) in [5.41, 5.74) is 6.01. The number of nitriles is 1. The molecule has 402 valence electrons. The second-order valence-corrected chi connectivity index (χ2v) is 20.1. The van der Waals surface area contributed by atoms with E-state index in [4.69, 9.17) is 23.1 Å². The van der Waals surface area contributed by atoms with Crippen LogP contribution < -0.4 is 10.6 Å². The van der Waals surface area contributed by atoms with Gasteiger partial charge in [-0.05, 0) is 22.3 Å². The molecule has 0 saturated carbocycles. The van der Waals surface area contributed by atoms with Gasteiger partial charge in [0.1, 0.15) is 49.1 Å². The molecule has 2 aliphatic rings. The highest BCUT2D eigenvalue weighted by molar-refractivity contribution is 7.85. The van der Waals surface area contributed by atoms with E-state index >= 15 is 0 Å². The molecule has 2 fully saturated rings. The van der Waals surface area contributed by atoms with Crippen LogP contribution in [0.4, 0.5) is 11.6 Å². The molecule has 0 amide bonds. The third-order valence-electron chi connectivity index (χ3n) is 13.2. The number of aliphatic hydroxyl groups excluding tert-OH is 4. The predicted molar refractivity (Wildman–Crippen MR) is 282 cm³/mol. The van der Waals surface area contributed by atoms with Gasteiger partial charge in [0.2, 0.25) is 0 Å². The number of anilines is 2. The maximum Gasteiger partial charge on any atom is 0.264 e. The minimum atomic E-state index is -3.76. The van der Waals surface area contributed by atoms with E-state index in [9.17, 15) is 34.1 Å². The van der Waals surface area contributed by atoms with Crippen molar-refractivity contribution in [2.45, 2.75) is 73.9 Å². The number of methoxy groups -OCH3 is 2. The van der Waals surface area contributed by atoms with Gasteiger partial charge in [-0.2, -0.15) is 13.7 Å². The van der Waals surface area contributed by atoms with Gasteiger partial charge in [-0.25, -0.2) is 29.9 Å². The summed E-state index contributed by atoms with van der Waals surface area (Å²) in [7, 11) is -0.791. The monoisotopic (exact) mass is 1070 g/mol. The molecule has 0 spiro atoms. The Labute approximate surface area is 444 Å². The summed E-state index contributed by atoms with van der Waals surface area (Å²) >= 11 is 0. The molecule has 6 heterocycles. The standard InChI is InChI=1S/C27H28N6O4.C27H31N5O7S/c1-36-15-20-23(34)24(35)27(37-20)33-16-30-22-25(31-21(12-13-28)32-26(22)33)29-14-19(17-8-4-2-5-9-17)18-10-6-3-7-11-18;1-37-14-20-23(33)24(34)27(39-20)32-16-29-22-25(30-21(31-26(22)32)15-38-40(2,35)36)28-13-19(17-9-5-3-6-10-17)18-11-7-4-8-12-18/h2-11,16,19-20,23-24,27,34-35H,12,14-15H2,1H3,(H,29,31,32);3-12,16,19-20,23-24,27,33-34H,13-15H2,1-2H3,(H,28,30,31)/t2*20-,23-,24-,27-/m11/s1. The predicted octanol–water partition coefficient (Wildman–Crippen LogP) is 4.21. The zero-order valence-electron chi connectivity index (χ0n) is 42.3. The highest BCUT2D eigenvalue weighted by atomic mass is 32.2. The minimum absolute atomic E-state index is 0.000396. The number of hydrogen-bond acceptors (Lipinski definition) is 20. The summed E-state index contributed by atoms with van der Waals surface area (Å²) in [6.45, 7) is 0.769. The zero-order chi connectivity index (χ0) is 54.1. The summed E-state index contributed by atoms with van der Waals surface area (Å²) in [4.78, 5) is 27.1. The van der Waals surface area contributed by atoms with Crippen LogP contribution in [-0.2, 0) is 46.3 Å². The fraction of sp³-hybridized carbons (Fsp3) is 0.352. The Morgan fingerprint density at radius 3 is 1.34 bits per heavy atom. The van der Waals surface area contributed by atoms with Gasteiger partial charge in [-0.1, -0.05) is 121 Å². The number of nitrogens with zero attached hydrogens (tertiary/aromatic N) is 9. The molecule has 2 saturated heterocycles. The molecule has 23 heteroatoms. The maximum atomic E-state index is 11.7. The lowest BCUT2D eigenvalue weighted by atomic mass is 9.91. The number of nitrogens with one attached hydrogen (secondary N) is 2. The van der Waals surface area contributed by atoms with Crippen molar-refractivity contribution in [2.75, 3.05) is 57.4 Å². The van der Waals surface area contributed by atoms with Crippen molar-refractivity contribution in [3.8, 4) is 6.07 Å². The van der Waals surface area contributed by atoms with Crippen molar-refractivity contribution in [3.05, 3.63) is 168 Å². The largest absolute Gasteiger partial charge is 0.387 e. The molecular weight excluding hydrogens is 1010 g/mol. The highest BCUT2D eigenvalue weighted by Crippen LogP contribution is 2.36. The fourth-order valence-corrected chi connectivity index (χ4v) is 9.75. The molecule has 6 N–H and O–H groups in total. The molecule has 2 aliphatic heterocycles. The molecule has 4 aromatic heterocycles. The Bertz CT molecular complexity index is 3280. The molecular formula is C54H59N11O11S. The summed E-state index contributed by atoms with van der Waals surface area (Å²) < 4.78 is 53.3. The van der Waals surface area contributed by atoms with E-state index in [2.05, 4.69) is 95.1 Å². The fourth-order valence-electron chi connectivity index (χ4n) is 9.43. The van der Waals surface area contributed by atoms with Crippen molar-refractivity contribution in [3.63, 3.8) is 0 Å². The molecule has 10 rings (SSSR count). The Kier molecular flexibility index (Phi) is 17.5. The molecule has 8 atom stereocenters. The van der Waals surface area contributed by atoms with Gasteiger partial charge >= 0.3 is 0 Å². The molecule has 22 nitrogen and oxygen atoms in total. The first-order chi connectivity index (χ1) is 37.3. The Hall–Kier alpha value is -7.34. The van der Waals surface area contributed by atoms with Gasteiger partial charge in [0.05, 0.1) is 44.6 Å². The molecule has 0 bridgehead atoms. The third-order valence-corrected chi connectivity index (χ3v) is 13.8. The Balaban J connectivity index is 0.000000188. The summed E-state index contributed by atoms with van der Waals surface area (Å²) in [6.07, 6.45) is -4.29. The van der Waals surface area contributed by atoms with Gasteiger partial charge in [-0.15, -0.1) is 0 Å². The van der Waals surface area contributed by atoms with Crippen molar-refractivity contribution in [2.24, 2.45) is 0 Å². The van der Waals surface area contributed by atoms with Gasteiger partial charge in [0, 0.05) is 39.1 Å². The van der Waals surface area contributed by atoms with E-state index in [1.54, 1.807) is 4.57 Å². The average Bonchev–Trinajstić information content (AvgIpc) is 4.29. The summed E-state index contributed by atoms with van der Waals surface area (Å²) in [5, 5.41) is 58.4. The first kappa shape index (κ1) is 54.4. The van der Waals surface area contributed by atoms with E-state index in [-0.39, 0.29) is 42.9 Å². The summed E-state index contributed by atoms with van der Waals surface area (Å²) in [5.74, 6) is 1.24. The number of rotatable bonds is 20. The number of ether oxygens (including phenoxy) is 4. The quantitative estimate of drug-likeness (QED) is 0.0583. The number of benzene rings is 4. The lowest BCUT2D eigenvalue weighted by Crippen LogP contribution is -2.33. The molecule has 77 heavy (non-hydrogen) atoms. The Morgan fingerprint density at radius 1 is 0.597 bits per heavy atom. The van der Waals surface area contributed by atoms with Crippen molar-refractivity contribution in [1.29, 1.82) is 5.26 Å². The van der Waals surface area contributed by atoms with Gasteiger partial charge in [0.25, 0.3) is 10.1 Å². The van der Waals surface area contributed by atoms with E-state index in [0.29, 0.717) is 47.2 Å². The van der Waals surface area contributed by atoms with Crippen molar-refractivity contribution < 1.29 is 52.0 Å². The van der Waals surface area contributed by atoms with Crippen LogP contribution in [0.15, 0.2) is 134 Å². The smallest absolute Gasteiger partial charge is 0.264 e. The minimum Gasteiger partial charge on any atom is -0.387 e. The molecule has 0 radical (unpaired) electrons.